The maximum atomic E-state index is 3.46. The van der Waals surface area contributed by atoms with E-state index >= 15 is 0 Å². The summed E-state index contributed by atoms with van der Waals surface area (Å²) in [7, 11) is 0. The van der Waals surface area contributed by atoms with E-state index in [2.05, 4.69) is 33.0 Å². The third-order valence-corrected chi connectivity index (χ3v) is 3.31. The Bertz CT molecular complexity index is 140. The molecule has 1 heteroatoms. The van der Waals surface area contributed by atoms with Crippen molar-refractivity contribution in [3.8, 4) is 0 Å². The molecule has 98 valence electrons. The lowest BCUT2D eigenvalue weighted by Gasteiger charge is -2.24. The Morgan fingerprint density at radius 2 is 1.38 bits per heavy atom. The van der Waals surface area contributed by atoms with Crippen LogP contribution in [0.1, 0.15) is 79.1 Å². The van der Waals surface area contributed by atoms with Crippen LogP contribution >= 0.6 is 0 Å². The molecule has 0 aromatic rings. The predicted molar refractivity (Wildman–Crippen MR) is 74.9 cm³/mol. The van der Waals surface area contributed by atoms with Crippen molar-refractivity contribution in [2.75, 3.05) is 13.1 Å². The molecule has 0 fully saturated rings. The topological polar surface area (TPSA) is 12.0 Å². The standard InChI is InChI=1S/C15H33N/c1-5-7-8-9-10-11-12-13-15(3,4)14-16-6-2/h16H,5-14H2,1-4H3. The van der Waals surface area contributed by atoms with Crippen LogP contribution in [0.25, 0.3) is 0 Å². The van der Waals surface area contributed by atoms with Gasteiger partial charge in [0.1, 0.15) is 0 Å². The van der Waals surface area contributed by atoms with Crippen LogP contribution in [0.2, 0.25) is 0 Å². The summed E-state index contributed by atoms with van der Waals surface area (Å²) in [6.45, 7) is 11.5. The van der Waals surface area contributed by atoms with E-state index in [0.29, 0.717) is 5.41 Å². The number of unbranched alkanes of at least 4 members (excludes halogenated alkanes) is 6. The fraction of sp³-hybridized carbons (Fsp3) is 1.00. The molecule has 0 atom stereocenters. The Balaban J connectivity index is 3.29. The third kappa shape index (κ3) is 10.5. The Morgan fingerprint density at radius 3 is 1.94 bits per heavy atom. The highest BCUT2D eigenvalue weighted by molar-refractivity contribution is 4.71. The maximum absolute atomic E-state index is 3.46. The summed E-state index contributed by atoms with van der Waals surface area (Å²) in [4.78, 5) is 0. The van der Waals surface area contributed by atoms with Crippen molar-refractivity contribution in [1.29, 1.82) is 0 Å². The molecule has 0 radical (unpaired) electrons. The van der Waals surface area contributed by atoms with E-state index in [1.54, 1.807) is 0 Å². The predicted octanol–water partition coefficient (Wildman–Crippen LogP) is 4.76. The minimum Gasteiger partial charge on any atom is -0.316 e. The maximum Gasteiger partial charge on any atom is 0.000240 e. The Labute approximate surface area is 103 Å². The van der Waals surface area contributed by atoms with E-state index in [1.807, 2.05) is 0 Å². The highest BCUT2D eigenvalue weighted by Crippen LogP contribution is 2.23. The van der Waals surface area contributed by atoms with Crippen molar-refractivity contribution < 1.29 is 0 Å². The van der Waals surface area contributed by atoms with Gasteiger partial charge in [-0.3, -0.25) is 0 Å². The van der Waals surface area contributed by atoms with E-state index < -0.39 is 0 Å². The van der Waals surface area contributed by atoms with Gasteiger partial charge in [-0.15, -0.1) is 0 Å². The van der Waals surface area contributed by atoms with Crippen LogP contribution in [0.4, 0.5) is 0 Å². The van der Waals surface area contributed by atoms with Crippen LogP contribution in [0.15, 0.2) is 0 Å². The third-order valence-electron chi connectivity index (χ3n) is 3.31. The summed E-state index contributed by atoms with van der Waals surface area (Å²) in [5, 5.41) is 3.46. The fourth-order valence-electron chi connectivity index (χ4n) is 2.11. The molecule has 0 bridgehead atoms. The number of nitrogens with one attached hydrogen (secondary N) is 1. The molecule has 0 saturated carbocycles. The largest absolute Gasteiger partial charge is 0.316 e. The van der Waals surface area contributed by atoms with Crippen LogP contribution in [0, 0.1) is 5.41 Å². The smallest absolute Gasteiger partial charge is 0.000240 e. The van der Waals surface area contributed by atoms with Gasteiger partial charge in [-0.1, -0.05) is 72.6 Å². The average Bonchev–Trinajstić information content (AvgIpc) is 2.25. The van der Waals surface area contributed by atoms with Crippen molar-refractivity contribution in [1.82, 2.24) is 5.32 Å². The summed E-state index contributed by atoms with van der Waals surface area (Å²) in [6.07, 6.45) is 11.3. The van der Waals surface area contributed by atoms with Gasteiger partial charge in [0.15, 0.2) is 0 Å². The Hall–Kier alpha value is -0.0400. The van der Waals surface area contributed by atoms with Crippen molar-refractivity contribution >= 4 is 0 Å². The van der Waals surface area contributed by atoms with Gasteiger partial charge >= 0.3 is 0 Å². The van der Waals surface area contributed by atoms with Gasteiger partial charge < -0.3 is 5.32 Å². The second-order valence-corrected chi connectivity index (χ2v) is 5.82. The molecule has 16 heavy (non-hydrogen) atoms. The van der Waals surface area contributed by atoms with Crippen LogP contribution in [0.5, 0.6) is 0 Å². The lowest BCUT2D eigenvalue weighted by Crippen LogP contribution is -2.29. The molecule has 0 aliphatic carbocycles. The molecule has 1 N–H and O–H groups in total. The second kappa shape index (κ2) is 10.1. The first-order valence-electron chi connectivity index (χ1n) is 7.33. The zero-order valence-electron chi connectivity index (χ0n) is 12.1. The number of hydrogen-bond donors (Lipinski definition) is 1. The van der Waals surface area contributed by atoms with Gasteiger partial charge in [0.05, 0.1) is 0 Å². The van der Waals surface area contributed by atoms with Crippen molar-refractivity contribution in [2.24, 2.45) is 5.41 Å². The summed E-state index contributed by atoms with van der Waals surface area (Å²) in [5.41, 5.74) is 0.486. The summed E-state index contributed by atoms with van der Waals surface area (Å²) >= 11 is 0. The minimum atomic E-state index is 0.486. The number of rotatable bonds is 11. The van der Waals surface area contributed by atoms with Gasteiger partial charge in [0.25, 0.3) is 0 Å². The van der Waals surface area contributed by atoms with Crippen molar-refractivity contribution in [2.45, 2.75) is 79.1 Å². The molecular formula is C15H33N. The van der Waals surface area contributed by atoms with Crippen LogP contribution in [-0.2, 0) is 0 Å². The molecule has 0 unspecified atom stereocenters. The van der Waals surface area contributed by atoms with Gasteiger partial charge in [0.2, 0.25) is 0 Å². The van der Waals surface area contributed by atoms with E-state index in [9.17, 15) is 0 Å². The van der Waals surface area contributed by atoms with Crippen LogP contribution in [-0.4, -0.2) is 13.1 Å². The Kier molecular flexibility index (Phi) is 10.1. The first-order chi connectivity index (χ1) is 7.62. The van der Waals surface area contributed by atoms with Crippen LogP contribution in [0.3, 0.4) is 0 Å². The molecule has 0 heterocycles. The first-order valence-corrected chi connectivity index (χ1v) is 7.33. The average molecular weight is 227 g/mol. The van der Waals surface area contributed by atoms with Crippen molar-refractivity contribution in [3.05, 3.63) is 0 Å². The van der Waals surface area contributed by atoms with Gasteiger partial charge in [-0.2, -0.15) is 0 Å². The molecule has 0 aliphatic heterocycles. The van der Waals surface area contributed by atoms with Gasteiger partial charge in [0, 0.05) is 6.54 Å². The second-order valence-electron chi connectivity index (χ2n) is 5.82. The normalized spacial score (nSPS) is 12.0. The molecular weight excluding hydrogens is 194 g/mol. The summed E-state index contributed by atoms with van der Waals surface area (Å²) in [5.74, 6) is 0. The highest BCUT2D eigenvalue weighted by Gasteiger charge is 2.15. The lowest BCUT2D eigenvalue weighted by atomic mass is 9.86. The molecule has 0 aromatic carbocycles. The molecule has 0 rings (SSSR count). The zero-order valence-corrected chi connectivity index (χ0v) is 12.1. The molecule has 0 aromatic heterocycles. The summed E-state index contributed by atoms with van der Waals surface area (Å²) in [6, 6.07) is 0. The fourth-order valence-corrected chi connectivity index (χ4v) is 2.11. The zero-order chi connectivity index (χ0) is 12.3. The van der Waals surface area contributed by atoms with Crippen LogP contribution < -0.4 is 5.32 Å². The Morgan fingerprint density at radius 1 is 0.812 bits per heavy atom. The number of hydrogen-bond acceptors (Lipinski definition) is 1. The SMILES string of the molecule is CCCCCCCCCC(C)(C)CNCC. The highest BCUT2D eigenvalue weighted by atomic mass is 14.9. The quantitative estimate of drug-likeness (QED) is 0.502. The minimum absolute atomic E-state index is 0.486. The van der Waals surface area contributed by atoms with E-state index in [1.165, 1.54) is 57.9 Å². The van der Waals surface area contributed by atoms with E-state index in [0.717, 1.165) is 6.54 Å². The van der Waals surface area contributed by atoms with Crippen molar-refractivity contribution in [3.63, 3.8) is 0 Å². The molecule has 1 nitrogen and oxygen atoms in total. The lowest BCUT2D eigenvalue weighted by molar-refractivity contribution is 0.303. The molecule has 0 aliphatic rings. The monoisotopic (exact) mass is 227 g/mol. The molecule has 0 amide bonds. The molecule has 0 spiro atoms. The van der Waals surface area contributed by atoms with Gasteiger partial charge in [-0.25, -0.2) is 0 Å². The summed E-state index contributed by atoms with van der Waals surface area (Å²) < 4.78 is 0. The van der Waals surface area contributed by atoms with E-state index in [4.69, 9.17) is 0 Å². The van der Waals surface area contributed by atoms with Gasteiger partial charge in [-0.05, 0) is 18.4 Å². The van der Waals surface area contributed by atoms with E-state index in [-0.39, 0.29) is 0 Å². The molecule has 0 saturated heterocycles. The first kappa shape index (κ1) is 16.0.